The Morgan fingerprint density at radius 3 is 2.70 bits per heavy atom. The van der Waals surface area contributed by atoms with E-state index in [1.807, 2.05) is 13.0 Å². The highest BCUT2D eigenvalue weighted by molar-refractivity contribution is 9.10. The first-order valence-corrected chi connectivity index (χ1v) is 6.57. The number of aromatic nitrogens is 1. The quantitative estimate of drug-likeness (QED) is 0.676. The number of nitro groups is 1. The highest BCUT2D eigenvalue weighted by atomic mass is 79.9. The van der Waals surface area contributed by atoms with Crippen molar-refractivity contribution in [3.63, 3.8) is 0 Å². The molecule has 2 rings (SSSR count). The SMILES string of the molecule is CNc1ccc([N+](=O)[O-])c(Oc2ccc(Br)cc2C)n1. The lowest BCUT2D eigenvalue weighted by Crippen LogP contribution is -2.00. The normalized spacial score (nSPS) is 10.2. The van der Waals surface area contributed by atoms with Crippen LogP contribution in [0.5, 0.6) is 11.6 Å². The van der Waals surface area contributed by atoms with E-state index in [2.05, 4.69) is 26.2 Å². The third-order valence-corrected chi connectivity index (χ3v) is 3.13. The van der Waals surface area contributed by atoms with Crippen molar-refractivity contribution in [2.24, 2.45) is 0 Å². The van der Waals surface area contributed by atoms with Gasteiger partial charge in [-0.05, 0) is 36.8 Å². The van der Waals surface area contributed by atoms with Crippen molar-refractivity contribution >= 4 is 27.4 Å². The van der Waals surface area contributed by atoms with Gasteiger partial charge in [0.25, 0.3) is 0 Å². The molecule has 0 amide bonds. The van der Waals surface area contributed by atoms with Gasteiger partial charge in [-0.1, -0.05) is 15.9 Å². The Balaban J connectivity index is 2.43. The molecule has 1 heterocycles. The molecule has 104 valence electrons. The predicted octanol–water partition coefficient (Wildman–Crippen LogP) is 3.89. The first-order chi connectivity index (χ1) is 9.51. The zero-order chi connectivity index (χ0) is 14.7. The van der Waals surface area contributed by atoms with Gasteiger partial charge in [0.05, 0.1) is 4.92 Å². The minimum Gasteiger partial charge on any atom is -0.433 e. The van der Waals surface area contributed by atoms with E-state index in [0.717, 1.165) is 10.0 Å². The summed E-state index contributed by atoms with van der Waals surface area (Å²) >= 11 is 3.35. The Hall–Kier alpha value is -2.15. The molecule has 0 radical (unpaired) electrons. The van der Waals surface area contributed by atoms with Gasteiger partial charge < -0.3 is 10.1 Å². The van der Waals surface area contributed by atoms with E-state index in [1.165, 1.54) is 12.1 Å². The van der Waals surface area contributed by atoms with Crippen molar-refractivity contribution in [2.75, 3.05) is 12.4 Å². The molecule has 0 aliphatic rings. The molecular weight excluding hydrogens is 326 g/mol. The molecule has 0 saturated heterocycles. The fourth-order valence-corrected chi connectivity index (χ4v) is 2.09. The lowest BCUT2D eigenvalue weighted by atomic mass is 10.2. The zero-order valence-electron chi connectivity index (χ0n) is 10.9. The predicted molar refractivity (Wildman–Crippen MR) is 79.4 cm³/mol. The molecule has 1 aromatic carbocycles. The summed E-state index contributed by atoms with van der Waals surface area (Å²) in [6, 6.07) is 8.29. The molecule has 6 nitrogen and oxygen atoms in total. The van der Waals surface area contributed by atoms with E-state index < -0.39 is 4.92 Å². The number of anilines is 1. The van der Waals surface area contributed by atoms with Crippen LogP contribution in [0.2, 0.25) is 0 Å². The number of pyridine rings is 1. The molecule has 1 aromatic heterocycles. The number of benzene rings is 1. The second-order valence-corrected chi connectivity index (χ2v) is 4.96. The fraction of sp³-hybridized carbons (Fsp3) is 0.154. The Morgan fingerprint density at radius 2 is 2.10 bits per heavy atom. The number of rotatable bonds is 4. The van der Waals surface area contributed by atoms with Gasteiger partial charge in [-0.15, -0.1) is 0 Å². The molecule has 0 aliphatic heterocycles. The summed E-state index contributed by atoms with van der Waals surface area (Å²) in [6.07, 6.45) is 0. The van der Waals surface area contributed by atoms with Gasteiger partial charge in [0.1, 0.15) is 11.6 Å². The van der Waals surface area contributed by atoms with Gasteiger partial charge in [-0.3, -0.25) is 10.1 Å². The van der Waals surface area contributed by atoms with E-state index in [9.17, 15) is 10.1 Å². The van der Waals surface area contributed by atoms with Crippen LogP contribution in [0.25, 0.3) is 0 Å². The first-order valence-electron chi connectivity index (χ1n) is 5.78. The van der Waals surface area contributed by atoms with E-state index in [4.69, 9.17) is 4.74 Å². The molecule has 0 unspecified atom stereocenters. The van der Waals surface area contributed by atoms with Gasteiger partial charge in [0.2, 0.25) is 0 Å². The summed E-state index contributed by atoms with van der Waals surface area (Å²) in [5, 5.41) is 13.8. The zero-order valence-corrected chi connectivity index (χ0v) is 12.5. The van der Waals surface area contributed by atoms with Crippen LogP contribution >= 0.6 is 15.9 Å². The third-order valence-electron chi connectivity index (χ3n) is 2.64. The van der Waals surface area contributed by atoms with Crippen molar-refractivity contribution in [3.8, 4) is 11.6 Å². The Labute approximate surface area is 124 Å². The second kappa shape index (κ2) is 5.87. The molecule has 7 heteroatoms. The highest BCUT2D eigenvalue weighted by Gasteiger charge is 2.19. The number of nitrogens with zero attached hydrogens (tertiary/aromatic N) is 2. The summed E-state index contributed by atoms with van der Waals surface area (Å²) in [6.45, 7) is 1.86. The van der Waals surface area contributed by atoms with Gasteiger partial charge in [0.15, 0.2) is 0 Å². The number of hydrogen-bond acceptors (Lipinski definition) is 5. The van der Waals surface area contributed by atoms with Crippen LogP contribution in [0.4, 0.5) is 11.5 Å². The summed E-state index contributed by atoms with van der Waals surface area (Å²) in [5.41, 5.74) is 0.677. The number of halogens is 1. The van der Waals surface area contributed by atoms with Gasteiger partial charge in [0, 0.05) is 17.6 Å². The highest BCUT2D eigenvalue weighted by Crippen LogP contribution is 2.33. The van der Waals surface area contributed by atoms with Crippen molar-refractivity contribution in [1.82, 2.24) is 4.98 Å². The van der Waals surface area contributed by atoms with E-state index in [1.54, 1.807) is 19.2 Å². The molecular formula is C13H12BrN3O3. The largest absolute Gasteiger partial charge is 0.433 e. The van der Waals surface area contributed by atoms with Crippen LogP contribution in [0.3, 0.4) is 0 Å². The molecule has 1 N–H and O–H groups in total. The van der Waals surface area contributed by atoms with Crippen LogP contribution in [0, 0.1) is 17.0 Å². The van der Waals surface area contributed by atoms with Crippen LogP contribution < -0.4 is 10.1 Å². The van der Waals surface area contributed by atoms with Crippen LogP contribution in [-0.2, 0) is 0 Å². The van der Waals surface area contributed by atoms with Crippen LogP contribution in [-0.4, -0.2) is 17.0 Å². The monoisotopic (exact) mass is 337 g/mol. The maximum atomic E-state index is 11.0. The number of ether oxygens (including phenoxy) is 1. The molecule has 2 aromatic rings. The summed E-state index contributed by atoms with van der Waals surface area (Å²) in [5.74, 6) is 0.990. The molecule has 20 heavy (non-hydrogen) atoms. The topological polar surface area (TPSA) is 77.3 Å². The average Bonchev–Trinajstić information content (AvgIpc) is 2.41. The molecule has 0 bridgehead atoms. The first kappa shape index (κ1) is 14.3. The minimum atomic E-state index is -0.518. The molecule has 0 fully saturated rings. The number of hydrogen-bond donors (Lipinski definition) is 1. The smallest absolute Gasteiger partial charge is 0.331 e. The Kier molecular flexibility index (Phi) is 4.19. The molecule has 0 atom stereocenters. The van der Waals surface area contributed by atoms with Crippen molar-refractivity contribution < 1.29 is 9.66 Å². The maximum absolute atomic E-state index is 11.0. The Morgan fingerprint density at radius 1 is 1.35 bits per heavy atom. The molecule has 0 spiro atoms. The van der Waals surface area contributed by atoms with Gasteiger partial charge in [-0.25, -0.2) is 0 Å². The summed E-state index contributed by atoms with van der Waals surface area (Å²) in [7, 11) is 1.68. The fourth-order valence-electron chi connectivity index (χ4n) is 1.62. The van der Waals surface area contributed by atoms with E-state index in [0.29, 0.717) is 11.6 Å². The van der Waals surface area contributed by atoms with E-state index in [-0.39, 0.29) is 11.6 Å². The molecule has 0 saturated carbocycles. The Bertz CT molecular complexity index is 661. The maximum Gasteiger partial charge on any atom is 0.331 e. The molecule has 0 aliphatic carbocycles. The van der Waals surface area contributed by atoms with Crippen LogP contribution in [0.1, 0.15) is 5.56 Å². The summed E-state index contributed by atoms with van der Waals surface area (Å²) in [4.78, 5) is 14.6. The third kappa shape index (κ3) is 3.05. The number of nitrogens with one attached hydrogen (secondary N) is 1. The average molecular weight is 338 g/mol. The van der Waals surface area contributed by atoms with Crippen molar-refractivity contribution in [2.45, 2.75) is 6.92 Å². The number of aryl methyl sites for hydroxylation is 1. The van der Waals surface area contributed by atoms with Gasteiger partial charge in [-0.2, -0.15) is 4.98 Å². The lowest BCUT2D eigenvalue weighted by molar-refractivity contribution is -0.386. The van der Waals surface area contributed by atoms with E-state index >= 15 is 0 Å². The van der Waals surface area contributed by atoms with Crippen LogP contribution in [0.15, 0.2) is 34.8 Å². The van der Waals surface area contributed by atoms with Crippen molar-refractivity contribution in [1.29, 1.82) is 0 Å². The summed E-state index contributed by atoms with van der Waals surface area (Å²) < 4.78 is 6.50. The minimum absolute atomic E-state index is 0.0349. The van der Waals surface area contributed by atoms with Gasteiger partial charge >= 0.3 is 11.6 Å². The standard InChI is InChI=1S/C13H12BrN3O3/c1-8-7-9(14)3-5-11(8)20-13-10(17(18)19)4-6-12(15-2)16-13/h3-7H,1-2H3,(H,15,16). The lowest BCUT2D eigenvalue weighted by Gasteiger charge is -2.09. The second-order valence-electron chi connectivity index (χ2n) is 4.04. The van der Waals surface area contributed by atoms with Crippen molar-refractivity contribution in [3.05, 3.63) is 50.5 Å².